The maximum absolute atomic E-state index is 6.04. The van der Waals surface area contributed by atoms with Crippen molar-refractivity contribution in [2.75, 3.05) is 5.73 Å². The molecule has 19 heavy (non-hydrogen) atoms. The van der Waals surface area contributed by atoms with Gasteiger partial charge in [0.25, 0.3) is 0 Å². The Bertz CT molecular complexity index is 706. The fourth-order valence-electron chi connectivity index (χ4n) is 2.02. The zero-order valence-electron chi connectivity index (χ0n) is 10.9. The SMILES string of the molecule is Cc1ccc(-n2cc(N)c(-c3ccnn3C)n2)cc1. The van der Waals surface area contributed by atoms with E-state index in [4.69, 9.17) is 5.73 Å². The van der Waals surface area contributed by atoms with Crippen molar-refractivity contribution in [3.8, 4) is 17.1 Å². The van der Waals surface area contributed by atoms with E-state index in [1.165, 1.54) is 5.56 Å². The minimum absolute atomic E-state index is 0.643. The van der Waals surface area contributed by atoms with Crippen molar-refractivity contribution in [3.63, 3.8) is 0 Å². The van der Waals surface area contributed by atoms with E-state index in [-0.39, 0.29) is 0 Å². The zero-order chi connectivity index (χ0) is 13.4. The number of hydrogen-bond donors (Lipinski definition) is 1. The summed E-state index contributed by atoms with van der Waals surface area (Å²) in [5.74, 6) is 0. The summed E-state index contributed by atoms with van der Waals surface area (Å²) in [7, 11) is 1.87. The van der Waals surface area contributed by atoms with Crippen LogP contribution in [-0.4, -0.2) is 19.6 Å². The van der Waals surface area contributed by atoms with E-state index in [0.29, 0.717) is 5.69 Å². The molecule has 2 aromatic heterocycles. The van der Waals surface area contributed by atoms with Crippen LogP contribution in [0.5, 0.6) is 0 Å². The van der Waals surface area contributed by atoms with Gasteiger partial charge < -0.3 is 5.73 Å². The number of benzene rings is 1. The van der Waals surface area contributed by atoms with Crippen molar-refractivity contribution < 1.29 is 0 Å². The van der Waals surface area contributed by atoms with Crippen LogP contribution < -0.4 is 5.73 Å². The van der Waals surface area contributed by atoms with Crippen LogP contribution in [0.3, 0.4) is 0 Å². The molecule has 2 heterocycles. The number of hydrogen-bond acceptors (Lipinski definition) is 3. The maximum Gasteiger partial charge on any atom is 0.134 e. The fraction of sp³-hybridized carbons (Fsp3) is 0.143. The molecule has 0 saturated carbocycles. The molecule has 0 amide bonds. The van der Waals surface area contributed by atoms with Gasteiger partial charge in [-0.15, -0.1) is 0 Å². The van der Waals surface area contributed by atoms with Gasteiger partial charge in [-0.3, -0.25) is 4.68 Å². The highest BCUT2D eigenvalue weighted by Crippen LogP contribution is 2.24. The number of aromatic nitrogens is 4. The molecule has 5 heteroatoms. The number of anilines is 1. The first-order chi connectivity index (χ1) is 9.15. The molecule has 0 radical (unpaired) electrons. The Labute approximate surface area is 111 Å². The molecule has 0 fully saturated rings. The van der Waals surface area contributed by atoms with Crippen LogP contribution in [0, 0.1) is 6.92 Å². The largest absolute Gasteiger partial charge is 0.396 e. The molecule has 0 atom stereocenters. The van der Waals surface area contributed by atoms with Crippen LogP contribution in [0.4, 0.5) is 5.69 Å². The predicted molar refractivity (Wildman–Crippen MR) is 74.9 cm³/mol. The molecule has 0 unspecified atom stereocenters. The van der Waals surface area contributed by atoms with Crippen molar-refractivity contribution in [2.24, 2.45) is 7.05 Å². The predicted octanol–water partition coefficient (Wildman–Crippen LogP) is 2.16. The average molecular weight is 253 g/mol. The lowest BCUT2D eigenvalue weighted by molar-refractivity contribution is 0.769. The van der Waals surface area contributed by atoms with E-state index in [9.17, 15) is 0 Å². The Morgan fingerprint density at radius 2 is 1.84 bits per heavy atom. The molecule has 3 rings (SSSR count). The molecule has 0 saturated heterocycles. The van der Waals surface area contributed by atoms with Gasteiger partial charge in [-0.1, -0.05) is 17.7 Å². The molecule has 96 valence electrons. The van der Waals surface area contributed by atoms with Crippen LogP contribution in [0.25, 0.3) is 17.1 Å². The Hall–Kier alpha value is -2.56. The summed E-state index contributed by atoms with van der Waals surface area (Å²) >= 11 is 0. The second-order valence-corrected chi connectivity index (χ2v) is 4.55. The Balaban J connectivity index is 2.07. The molecular formula is C14H15N5. The van der Waals surface area contributed by atoms with E-state index in [1.807, 2.05) is 31.4 Å². The van der Waals surface area contributed by atoms with Crippen LogP contribution in [0.1, 0.15) is 5.56 Å². The van der Waals surface area contributed by atoms with E-state index < -0.39 is 0 Å². The lowest BCUT2D eigenvalue weighted by Crippen LogP contribution is -1.98. The lowest BCUT2D eigenvalue weighted by atomic mass is 10.2. The molecule has 3 aromatic rings. The molecule has 2 N–H and O–H groups in total. The maximum atomic E-state index is 6.04. The fourth-order valence-corrected chi connectivity index (χ4v) is 2.02. The van der Waals surface area contributed by atoms with Gasteiger partial charge in [0, 0.05) is 13.2 Å². The standard InChI is InChI=1S/C14H15N5/c1-10-3-5-11(6-4-10)19-9-12(15)14(17-19)13-7-8-16-18(13)2/h3-9H,15H2,1-2H3. The summed E-state index contributed by atoms with van der Waals surface area (Å²) in [6.07, 6.45) is 3.56. The normalized spacial score (nSPS) is 10.8. The van der Waals surface area contributed by atoms with Crippen LogP contribution in [0.2, 0.25) is 0 Å². The minimum Gasteiger partial charge on any atom is -0.396 e. The summed E-state index contributed by atoms with van der Waals surface area (Å²) in [6, 6.07) is 10.1. The summed E-state index contributed by atoms with van der Waals surface area (Å²) in [5, 5.41) is 8.68. The molecular weight excluding hydrogens is 238 g/mol. The van der Waals surface area contributed by atoms with E-state index >= 15 is 0 Å². The third-order valence-electron chi connectivity index (χ3n) is 3.10. The van der Waals surface area contributed by atoms with Crippen molar-refractivity contribution >= 4 is 5.69 Å². The quantitative estimate of drug-likeness (QED) is 0.761. The van der Waals surface area contributed by atoms with Crippen LogP contribution in [-0.2, 0) is 7.05 Å². The average Bonchev–Trinajstić information content (AvgIpc) is 2.96. The van der Waals surface area contributed by atoms with E-state index in [1.54, 1.807) is 15.6 Å². The molecule has 0 aliphatic rings. The number of aryl methyl sites for hydroxylation is 2. The number of nitrogens with zero attached hydrogens (tertiary/aromatic N) is 4. The topological polar surface area (TPSA) is 61.7 Å². The van der Waals surface area contributed by atoms with Gasteiger partial charge in [-0.2, -0.15) is 10.2 Å². The molecule has 0 bridgehead atoms. The van der Waals surface area contributed by atoms with Crippen molar-refractivity contribution in [1.82, 2.24) is 19.6 Å². The third-order valence-corrected chi connectivity index (χ3v) is 3.10. The molecule has 0 aliphatic heterocycles. The first-order valence-electron chi connectivity index (χ1n) is 6.06. The first kappa shape index (κ1) is 11.5. The highest BCUT2D eigenvalue weighted by molar-refractivity contribution is 5.69. The van der Waals surface area contributed by atoms with Gasteiger partial charge in [0.1, 0.15) is 5.69 Å². The summed E-state index contributed by atoms with van der Waals surface area (Å²) in [5.41, 5.74) is 10.6. The zero-order valence-corrected chi connectivity index (χ0v) is 10.9. The van der Waals surface area contributed by atoms with E-state index in [0.717, 1.165) is 17.1 Å². The third kappa shape index (κ3) is 1.99. The van der Waals surface area contributed by atoms with Crippen LogP contribution in [0.15, 0.2) is 42.7 Å². The number of nitrogens with two attached hydrogens (primary N) is 1. The van der Waals surface area contributed by atoms with Gasteiger partial charge in [-0.25, -0.2) is 4.68 Å². The Morgan fingerprint density at radius 3 is 2.47 bits per heavy atom. The van der Waals surface area contributed by atoms with Gasteiger partial charge >= 0.3 is 0 Å². The second-order valence-electron chi connectivity index (χ2n) is 4.55. The summed E-state index contributed by atoms with van der Waals surface area (Å²) in [6.45, 7) is 2.06. The Morgan fingerprint density at radius 1 is 1.11 bits per heavy atom. The van der Waals surface area contributed by atoms with Crippen molar-refractivity contribution in [2.45, 2.75) is 6.92 Å². The lowest BCUT2D eigenvalue weighted by Gasteiger charge is -2.01. The highest BCUT2D eigenvalue weighted by Gasteiger charge is 2.12. The molecule has 1 aromatic carbocycles. The Kier molecular flexibility index (Phi) is 2.59. The second kappa shape index (κ2) is 4.28. The molecule has 0 aliphatic carbocycles. The highest BCUT2D eigenvalue weighted by atomic mass is 15.3. The van der Waals surface area contributed by atoms with Crippen molar-refractivity contribution in [1.29, 1.82) is 0 Å². The summed E-state index contributed by atoms with van der Waals surface area (Å²) < 4.78 is 3.55. The number of rotatable bonds is 2. The summed E-state index contributed by atoms with van der Waals surface area (Å²) in [4.78, 5) is 0. The van der Waals surface area contributed by atoms with Crippen molar-refractivity contribution in [3.05, 3.63) is 48.3 Å². The number of nitrogen functional groups attached to an aromatic ring is 1. The van der Waals surface area contributed by atoms with Gasteiger partial charge in [0.2, 0.25) is 0 Å². The monoisotopic (exact) mass is 253 g/mol. The van der Waals surface area contributed by atoms with Crippen LogP contribution >= 0.6 is 0 Å². The molecule has 0 spiro atoms. The van der Waals surface area contributed by atoms with Gasteiger partial charge in [0.05, 0.1) is 23.3 Å². The van der Waals surface area contributed by atoms with Gasteiger partial charge in [0.15, 0.2) is 0 Å². The minimum atomic E-state index is 0.643. The first-order valence-corrected chi connectivity index (χ1v) is 6.06. The molecule has 5 nitrogen and oxygen atoms in total. The smallest absolute Gasteiger partial charge is 0.134 e. The van der Waals surface area contributed by atoms with E-state index in [2.05, 4.69) is 29.3 Å². The van der Waals surface area contributed by atoms with Gasteiger partial charge in [-0.05, 0) is 25.1 Å².